The third-order valence-corrected chi connectivity index (χ3v) is 3.03. The molecule has 0 saturated carbocycles. The lowest BCUT2D eigenvalue weighted by Crippen LogP contribution is -2.31. The number of hydrogen-bond donors (Lipinski definition) is 1. The Balaban J connectivity index is 2.00. The summed E-state index contributed by atoms with van der Waals surface area (Å²) in [6.07, 6.45) is -4.36. The van der Waals surface area contributed by atoms with E-state index in [1.54, 1.807) is 31.2 Å². The number of rotatable bonds is 2. The van der Waals surface area contributed by atoms with Crippen molar-refractivity contribution in [3.05, 3.63) is 71.3 Å². The summed E-state index contributed by atoms with van der Waals surface area (Å²) in [6.45, 7) is 1.71. The van der Waals surface area contributed by atoms with E-state index in [0.717, 1.165) is 12.1 Å². The van der Waals surface area contributed by atoms with Crippen LogP contribution in [0.2, 0.25) is 0 Å². The number of amides is 1. The van der Waals surface area contributed by atoms with E-state index in [1.807, 2.05) is 6.07 Å². The fourth-order valence-corrected chi connectivity index (χ4v) is 1.84. The highest BCUT2D eigenvalue weighted by Gasteiger charge is 2.29. The number of hydrogen-bond acceptors (Lipinski definition) is 1. The quantitative estimate of drug-likeness (QED) is 0.837. The van der Waals surface area contributed by atoms with E-state index in [-0.39, 0.29) is 5.91 Å². The molecular formula is C18H14F3NO. The Morgan fingerprint density at radius 3 is 2.22 bits per heavy atom. The van der Waals surface area contributed by atoms with Gasteiger partial charge in [-0.15, -0.1) is 0 Å². The van der Waals surface area contributed by atoms with Gasteiger partial charge in [0.1, 0.15) is 0 Å². The number of nitrogens with one attached hydrogen (secondary N) is 1. The number of benzene rings is 2. The third kappa shape index (κ3) is 4.89. The van der Waals surface area contributed by atoms with Crippen LogP contribution in [0.3, 0.4) is 0 Å². The molecule has 2 nitrogen and oxygen atoms in total. The molecule has 0 aliphatic heterocycles. The predicted molar refractivity (Wildman–Crippen MR) is 81.7 cm³/mol. The molecule has 1 N–H and O–H groups in total. The lowest BCUT2D eigenvalue weighted by Gasteiger charge is -2.07. The van der Waals surface area contributed by atoms with Crippen molar-refractivity contribution >= 4 is 5.91 Å². The number of carbonyl (C=O) groups excluding carboxylic acids is 1. The van der Waals surface area contributed by atoms with Crippen LogP contribution in [0.1, 0.15) is 28.4 Å². The molecule has 0 fully saturated rings. The van der Waals surface area contributed by atoms with Crippen molar-refractivity contribution < 1.29 is 18.0 Å². The van der Waals surface area contributed by atoms with Crippen LogP contribution >= 0.6 is 0 Å². The molecule has 5 heteroatoms. The first-order chi connectivity index (χ1) is 10.9. The van der Waals surface area contributed by atoms with Gasteiger partial charge in [0.25, 0.3) is 5.91 Å². The van der Waals surface area contributed by atoms with Crippen molar-refractivity contribution in [1.29, 1.82) is 0 Å². The van der Waals surface area contributed by atoms with Gasteiger partial charge in [-0.3, -0.25) is 4.79 Å². The summed E-state index contributed by atoms with van der Waals surface area (Å²) in [4.78, 5) is 11.9. The second-order valence-corrected chi connectivity index (χ2v) is 4.91. The van der Waals surface area contributed by atoms with E-state index in [0.29, 0.717) is 11.1 Å². The second kappa shape index (κ2) is 7.01. The average Bonchev–Trinajstić information content (AvgIpc) is 2.53. The molecule has 0 saturated heterocycles. The lowest BCUT2D eigenvalue weighted by molar-refractivity contribution is -0.137. The first kappa shape index (κ1) is 16.6. The first-order valence-electron chi connectivity index (χ1n) is 6.91. The van der Waals surface area contributed by atoms with Crippen LogP contribution in [0.15, 0.2) is 54.6 Å². The third-order valence-electron chi connectivity index (χ3n) is 3.03. The summed E-state index contributed by atoms with van der Waals surface area (Å²) < 4.78 is 37.4. The SMILES string of the molecule is C[C@H](C#Cc1ccc(C(F)(F)F)cc1)NC(=O)c1ccccc1. The van der Waals surface area contributed by atoms with E-state index >= 15 is 0 Å². The minimum atomic E-state index is -4.36. The number of halogens is 3. The zero-order valence-electron chi connectivity index (χ0n) is 12.3. The molecule has 0 aromatic heterocycles. The maximum atomic E-state index is 12.5. The molecule has 2 aromatic rings. The zero-order chi connectivity index (χ0) is 16.9. The monoisotopic (exact) mass is 317 g/mol. The Morgan fingerprint density at radius 2 is 1.65 bits per heavy atom. The molecule has 1 atom stereocenters. The summed E-state index contributed by atoms with van der Waals surface area (Å²) in [5.41, 5.74) is 0.267. The van der Waals surface area contributed by atoms with E-state index in [2.05, 4.69) is 17.2 Å². The van der Waals surface area contributed by atoms with Gasteiger partial charge in [-0.25, -0.2) is 0 Å². The van der Waals surface area contributed by atoms with E-state index < -0.39 is 17.8 Å². The van der Waals surface area contributed by atoms with E-state index in [4.69, 9.17) is 0 Å². The molecule has 118 valence electrons. The standard InChI is InChI=1S/C18H14F3NO/c1-13(22-17(23)15-5-3-2-4-6-15)7-8-14-9-11-16(12-10-14)18(19,20)21/h2-6,9-13H,1H3,(H,22,23)/t13-/m1/s1. The summed E-state index contributed by atoms with van der Waals surface area (Å²) in [5, 5.41) is 2.71. The minimum Gasteiger partial charge on any atom is -0.339 e. The summed E-state index contributed by atoms with van der Waals surface area (Å²) >= 11 is 0. The molecule has 0 radical (unpaired) electrons. The summed E-state index contributed by atoms with van der Waals surface area (Å²) in [5.74, 6) is 5.29. The normalized spacial score (nSPS) is 12.0. The Hall–Kier alpha value is -2.74. The van der Waals surface area contributed by atoms with Crippen LogP contribution in [0, 0.1) is 11.8 Å². The van der Waals surface area contributed by atoms with Crippen LogP contribution in [0.25, 0.3) is 0 Å². The Labute approximate surface area is 132 Å². The largest absolute Gasteiger partial charge is 0.416 e. The molecule has 0 aliphatic carbocycles. The van der Waals surface area contributed by atoms with Gasteiger partial charge in [0, 0.05) is 11.1 Å². The average molecular weight is 317 g/mol. The van der Waals surface area contributed by atoms with Crippen molar-refractivity contribution in [2.24, 2.45) is 0 Å². The predicted octanol–water partition coefficient (Wildman–Crippen LogP) is 3.88. The maximum Gasteiger partial charge on any atom is 0.416 e. The molecule has 0 heterocycles. The zero-order valence-corrected chi connectivity index (χ0v) is 12.3. The highest BCUT2D eigenvalue weighted by atomic mass is 19.4. The van der Waals surface area contributed by atoms with Gasteiger partial charge < -0.3 is 5.32 Å². The number of carbonyl (C=O) groups is 1. The van der Waals surface area contributed by atoms with Gasteiger partial charge in [0.05, 0.1) is 11.6 Å². The fourth-order valence-electron chi connectivity index (χ4n) is 1.84. The van der Waals surface area contributed by atoms with Gasteiger partial charge in [-0.1, -0.05) is 30.0 Å². The summed E-state index contributed by atoms with van der Waals surface area (Å²) in [7, 11) is 0. The van der Waals surface area contributed by atoms with Crippen LogP contribution in [-0.4, -0.2) is 11.9 Å². The van der Waals surface area contributed by atoms with Crippen molar-refractivity contribution in [3.8, 4) is 11.8 Å². The first-order valence-corrected chi connectivity index (χ1v) is 6.91. The lowest BCUT2D eigenvalue weighted by atomic mass is 10.1. The van der Waals surface area contributed by atoms with Gasteiger partial charge in [-0.05, 0) is 43.3 Å². The molecule has 1 amide bonds. The molecule has 2 aromatic carbocycles. The summed E-state index contributed by atoms with van der Waals surface area (Å²) in [6, 6.07) is 12.9. The van der Waals surface area contributed by atoms with Crippen LogP contribution in [-0.2, 0) is 6.18 Å². The molecule has 0 unspecified atom stereocenters. The second-order valence-electron chi connectivity index (χ2n) is 4.91. The minimum absolute atomic E-state index is 0.250. The topological polar surface area (TPSA) is 29.1 Å². The molecule has 23 heavy (non-hydrogen) atoms. The van der Waals surface area contributed by atoms with Crippen molar-refractivity contribution in [2.45, 2.75) is 19.1 Å². The highest BCUT2D eigenvalue weighted by molar-refractivity contribution is 5.94. The maximum absolute atomic E-state index is 12.5. The number of alkyl halides is 3. The van der Waals surface area contributed by atoms with Crippen molar-refractivity contribution in [1.82, 2.24) is 5.32 Å². The fraction of sp³-hybridized carbons (Fsp3) is 0.167. The smallest absolute Gasteiger partial charge is 0.339 e. The molecular weight excluding hydrogens is 303 g/mol. The molecule has 0 spiro atoms. The van der Waals surface area contributed by atoms with E-state index in [9.17, 15) is 18.0 Å². The van der Waals surface area contributed by atoms with Gasteiger partial charge >= 0.3 is 6.18 Å². The van der Waals surface area contributed by atoms with Gasteiger partial charge in [0.2, 0.25) is 0 Å². The Morgan fingerprint density at radius 1 is 1.04 bits per heavy atom. The van der Waals surface area contributed by atoms with Crippen LogP contribution < -0.4 is 5.32 Å². The van der Waals surface area contributed by atoms with Crippen molar-refractivity contribution in [3.63, 3.8) is 0 Å². The highest BCUT2D eigenvalue weighted by Crippen LogP contribution is 2.28. The van der Waals surface area contributed by atoms with Gasteiger partial charge in [0.15, 0.2) is 0 Å². The van der Waals surface area contributed by atoms with Gasteiger partial charge in [-0.2, -0.15) is 13.2 Å². The molecule has 0 bridgehead atoms. The Bertz CT molecular complexity index is 725. The molecule has 0 aliphatic rings. The van der Waals surface area contributed by atoms with E-state index in [1.165, 1.54) is 12.1 Å². The Kier molecular flexibility index (Phi) is 5.07. The van der Waals surface area contributed by atoms with Crippen molar-refractivity contribution in [2.75, 3.05) is 0 Å². The van der Waals surface area contributed by atoms with Crippen LogP contribution in [0.5, 0.6) is 0 Å². The van der Waals surface area contributed by atoms with Crippen LogP contribution in [0.4, 0.5) is 13.2 Å². The molecule has 2 rings (SSSR count).